The summed E-state index contributed by atoms with van der Waals surface area (Å²) < 4.78 is 32.7. The number of nitrogens with one attached hydrogen (secondary N) is 2. The monoisotopic (exact) mass is 404 g/mol. The summed E-state index contributed by atoms with van der Waals surface area (Å²) in [6, 6.07) is 0. The molecule has 0 aromatic heterocycles. The first-order chi connectivity index (χ1) is 11.9. The van der Waals surface area contributed by atoms with Gasteiger partial charge >= 0.3 is 0 Å². The van der Waals surface area contributed by atoms with Crippen LogP contribution in [-0.2, 0) is 19.6 Å². The van der Waals surface area contributed by atoms with Crippen LogP contribution in [0, 0.1) is 5.41 Å². The molecule has 0 bridgehead atoms. The number of methoxy groups -OCH3 is 1. The molecule has 0 radical (unpaired) electrons. The SMILES string of the molecule is COCC1(CNC(=O)C2=CC=CN3CCS(=O)(=O)N=C23)CCNCC1.Cl. The minimum atomic E-state index is -3.51. The molecule has 0 aliphatic carbocycles. The lowest BCUT2D eigenvalue weighted by Gasteiger charge is -2.37. The summed E-state index contributed by atoms with van der Waals surface area (Å²) >= 11 is 0. The number of carbonyl (C=O) groups excluding carboxylic acids is 1. The second-order valence-corrected chi connectivity index (χ2v) is 8.44. The quantitative estimate of drug-likeness (QED) is 0.671. The van der Waals surface area contributed by atoms with Crippen LogP contribution in [0.15, 0.2) is 28.3 Å². The molecule has 0 atom stereocenters. The molecule has 0 aromatic carbocycles. The van der Waals surface area contributed by atoms with Gasteiger partial charge in [0.1, 0.15) is 0 Å². The highest BCUT2D eigenvalue weighted by molar-refractivity contribution is 7.90. The lowest BCUT2D eigenvalue weighted by atomic mass is 9.79. The molecule has 3 aliphatic rings. The van der Waals surface area contributed by atoms with E-state index in [-0.39, 0.29) is 40.9 Å². The number of allylic oxidation sites excluding steroid dienone is 2. The van der Waals surface area contributed by atoms with Gasteiger partial charge in [0.2, 0.25) is 0 Å². The Morgan fingerprint density at radius 1 is 1.42 bits per heavy atom. The fourth-order valence-corrected chi connectivity index (χ4v) is 4.38. The summed E-state index contributed by atoms with van der Waals surface area (Å²) in [5, 5.41) is 6.27. The Balaban J connectivity index is 0.00000243. The summed E-state index contributed by atoms with van der Waals surface area (Å²) in [4.78, 5) is 14.4. The maximum atomic E-state index is 12.7. The number of ether oxygens (including phenoxy) is 1. The number of halogens is 1. The number of amides is 1. The van der Waals surface area contributed by atoms with Gasteiger partial charge in [-0.1, -0.05) is 0 Å². The Kier molecular flexibility index (Phi) is 6.84. The van der Waals surface area contributed by atoms with E-state index in [0.29, 0.717) is 19.7 Å². The molecule has 0 aromatic rings. The fourth-order valence-electron chi connectivity index (χ4n) is 3.39. The molecule has 1 saturated heterocycles. The standard InChI is InChI=1S/C16H24N4O4S.ClH/c1-24-12-16(4-6-17-7-5-16)11-18-15(21)13-3-2-8-20-9-10-25(22,23)19-14(13)20;/h2-3,8,17H,4-7,9-12H2,1H3,(H,18,21);1H. The topological polar surface area (TPSA) is 100 Å². The van der Waals surface area contributed by atoms with E-state index in [1.54, 1.807) is 30.4 Å². The van der Waals surface area contributed by atoms with Crippen LogP contribution in [0.3, 0.4) is 0 Å². The zero-order valence-electron chi connectivity index (χ0n) is 14.7. The molecular weight excluding hydrogens is 380 g/mol. The minimum Gasteiger partial charge on any atom is -0.384 e. The lowest BCUT2D eigenvalue weighted by molar-refractivity contribution is -0.118. The highest BCUT2D eigenvalue weighted by atomic mass is 35.5. The summed E-state index contributed by atoms with van der Waals surface area (Å²) in [6.07, 6.45) is 6.92. The van der Waals surface area contributed by atoms with Crippen LogP contribution in [0.2, 0.25) is 0 Å². The third-order valence-corrected chi connectivity index (χ3v) is 5.99. The van der Waals surface area contributed by atoms with Crippen molar-refractivity contribution >= 4 is 34.2 Å². The molecule has 0 saturated carbocycles. The molecule has 8 nitrogen and oxygen atoms in total. The van der Waals surface area contributed by atoms with Gasteiger partial charge in [0.15, 0.2) is 5.84 Å². The molecule has 1 amide bonds. The summed E-state index contributed by atoms with van der Waals surface area (Å²) in [5.74, 6) is -0.142. The molecule has 10 heteroatoms. The molecule has 26 heavy (non-hydrogen) atoms. The van der Waals surface area contributed by atoms with Crippen molar-refractivity contribution in [3.05, 3.63) is 23.9 Å². The van der Waals surface area contributed by atoms with E-state index in [4.69, 9.17) is 4.74 Å². The average Bonchev–Trinajstić information content (AvgIpc) is 2.59. The van der Waals surface area contributed by atoms with E-state index in [9.17, 15) is 13.2 Å². The van der Waals surface area contributed by atoms with Crippen molar-refractivity contribution in [3.63, 3.8) is 0 Å². The van der Waals surface area contributed by atoms with Crippen molar-refractivity contribution in [2.45, 2.75) is 12.8 Å². The number of rotatable bonds is 5. The molecule has 3 aliphatic heterocycles. The minimum absolute atomic E-state index is 0. The Morgan fingerprint density at radius 3 is 2.85 bits per heavy atom. The third-order valence-electron chi connectivity index (χ3n) is 4.84. The van der Waals surface area contributed by atoms with Crippen LogP contribution in [0.5, 0.6) is 0 Å². The average molecular weight is 405 g/mol. The number of carbonyl (C=O) groups is 1. The van der Waals surface area contributed by atoms with Crippen molar-refractivity contribution < 1.29 is 17.9 Å². The van der Waals surface area contributed by atoms with Crippen molar-refractivity contribution in [1.82, 2.24) is 15.5 Å². The van der Waals surface area contributed by atoms with Gasteiger partial charge in [-0.3, -0.25) is 4.79 Å². The zero-order chi connectivity index (χ0) is 17.9. The van der Waals surface area contributed by atoms with Crippen LogP contribution in [0.25, 0.3) is 0 Å². The maximum absolute atomic E-state index is 12.7. The Morgan fingerprint density at radius 2 is 2.15 bits per heavy atom. The Bertz CT molecular complexity index is 721. The second kappa shape index (κ2) is 8.51. The van der Waals surface area contributed by atoms with Gasteiger partial charge in [-0.05, 0) is 38.1 Å². The number of sulfonamides is 1. The van der Waals surface area contributed by atoms with Gasteiger partial charge in [0.05, 0.1) is 17.9 Å². The van der Waals surface area contributed by atoms with Crippen molar-refractivity contribution in [1.29, 1.82) is 0 Å². The van der Waals surface area contributed by atoms with Gasteiger partial charge in [-0.15, -0.1) is 16.8 Å². The van der Waals surface area contributed by atoms with Crippen molar-refractivity contribution in [2.75, 3.05) is 45.6 Å². The Hall–Kier alpha value is -1.42. The number of piperidine rings is 1. The molecule has 2 N–H and O–H groups in total. The van der Waals surface area contributed by atoms with E-state index in [1.165, 1.54) is 0 Å². The first kappa shape index (κ1) is 20.9. The van der Waals surface area contributed by atoms with Gasteiger partial charge in [-0.2, -0.15) is 0 Å². The first-order valence-corrected chi connectivity index (χ1v) is 10.0. The van der Waals surface area contributed by atoms with Gasteiger partial charge in [-0.25, -0.2) is 8.42 Å². The molecule has 0 unspecified atom stereocenters. The summed E-state index contributed by atoms with van der Waals surface area (Å²) in [5.41, 5.74) is 0.188. The fraction of sp³-hybridized carbons (Fsp3) is 0.625. The van der Waals surface area contributed by atoms with Crippen molar-refractivity contribution in [3.8, 4) is 0 Å². The predicted octanol–water partition coefficient (Wildman–Crippen LogP) is 0.0382. The van der Waals surface area contributed by atoms with Crippen molar-refractivity contribution in [2.24, 2.45) is 9.81 Å². The Labute approximate surface area is 160 Å². The smallest absolute Gasteiger partial charge is 0.256 e. The van der Waals surface area contributed by atoms with Gasteiger partial charge < -0.3 is 20.3 Å². The number of amidine groups is 1. The van der Waals surface area contributed by atoms with Crippen LogP contribution in [-0.4, -0.2) is 70.7 Å². The summed E-state index contributed by atoms with van der Waals surface area (Å²) in [7, 11) is -1.85. The number of fused-ring (bicyclic) bond motifs is 1. The lowest BCUT2D eigenvalue weighted by Crippen LogP contribution is -2.49. The van der Waals surface area contributed by atoms with Crippen LogP contribution < -0.4 is 10.6 Å². The summed E-state index contributed by atoms with van der Waals surface area (Å²) in [6.45, 7) is 3.16. The molecule has 0 spiro atoms. The molecule has 3 rings (SSSR count). The molecule has 3 heterocycles. The van der Waals surface area contributed by atoms with Crippen LogP contribution in [0.4, 0.5) is 0 Å². The number of nitrogens with zero attached hydrogens (tertiary/aromatic N) is 2. The van der Waals surface area contributed by atoms with E-state index in [0.717, 1.165) is 25.9 Å². The highest BCUT2D eigenvalue weighted by Crippen LogP contribution is 2.28. The van der Waals surface area contributed by atoms with Crippen LogP contribution in [0.1, 0.15) is 12.8 Å². The van der Waals surface area contributed by atoms with E-state index < -0.39 is 10.0 Å². The zero-order valence-corrected chi connectivity index (χ0v) is 16.4. The van der Waals surface area contributed by atoms with Gasteiger partial charge in [0, 0.05) is 31.8 Å². The van der Waals surface area contributed by atoms with Crippen LogP contribution >= 0.6 is 12.4 Å². The molecule has 146 valence electrons. The largest absolute Gasteiger partial charge is 0.384 e. The molecular formula is C16H25ClN4O4S. The first-order valence-electron chi connectivity index (χ1n) is 8.41. The maximum Gasteiger partial charge on any atom is 0.256 e. The number of hydrogen-bond donors (Lipinski definition) is 2. The van der Waals surface area contributed by atoms with Gasteiger partial charge in [0.25, 0.3) is 15.9 Å². The number of hydrogen-bond acceptors (Lipinski definition) is 6. The molecule has 1 fully saturated rings. The van der Waals surface area contributed by atoms with E-state index >= 15 is 0 Å². The highest BCUT2D eigenvalue weighted by Gasteiger charge is 2.34. The van der Waals surface area contributed by atoms with E-state index in [2.05, 4.69) is 15.0 Å². The normalized spacial score (nSPS) is 23.2. The second-order valence-electron chi connectivity index (χ2n) is 6.68. The predicted molar refractivity (Wildman–Crippen MR) is 102 cm³/mol. The third kappa shape index (κ3) is 4.64. The van der Waals surface area contributed by atoms with E-state index in [1.807, 2.05) is 0 Å².